The number of nitriles is 1. The lowest BCUT2D eigenvalue weighted by molar-refractivity contribution is 0.386. The maximum atomic E-state index is 14.5. The topological polar surface area (TPSA) is 62.0 Å². The van der Waals surface area contributed by atoms with Crippen molar-refractivity contribution in [3.63, 3.8) is 0 Å². The van der Waals surface area contributed by atoms with E-state index in [1.165, 1.54) is 13.2 Å². The zero-order valence-electron chi connectivity index (χ0n) is 17.7. The molecule has 1 fully saturated rings. The van der Waals surface area contributed by atoms with Crippen molar-refractivity contribution >= 4 is 16.6 Å². The van der Waals surface area contributed by atoms with Crippen molar-refractivity contribution in [2.24, 2.45) is 0 Å². The van der Waals surface area contributed by atoms with Gasteiger partial charge in [0, 0.05) is 34.9 Å². The summed E-state index contributed by atoms with van der Waals surface area (Å²) in [5.41, 5.74) is 5.20. The van der Waals surface area contributed by atoms with Crippen LogP contribution in [0.2, 0.25) is 0 Å². The molecule has 0 saturated carbocycles. The number of ether oxygens (including phenoxy) is 1. The summed E-state index contributed by atoms with van der Waals surface area (Å²) >= 11 is 0. The Labute approximate surface area is 186 Å². The fourth-order valence-electron chi connectivity index (χ4n) is 4.32. The molecular weight excluding hydrogens is 403 g/mol. The monoisotopic (exact) mass is 426 g/mol. The summed E-state index contributed by atoms with van der Waals surface area (Å²) in [6.07, 6.45) is 1.10. The molecule has 2 heterocycles. The molecule has 1 saturated heterocycles. The first-order valence-electron chi connectivity index (χ1n) is 10.6. The van der Waals surface area contributed by atoms with E-state index in [-0.39, 0.29) is 5.75 Å². The van der Waals surface area contributed by atoms with E-state index in [2.05, 4.69) is 45.5 Å². The number of benzene rings is 3. The van der Waals surface area contributed by atoms with Crippen LogP contribution in [-0.2, 0) is 0 Å². The first-order chi connectivity index (χ1) is 15.7. The smallest absolute Gasteiger partial charge is 0.165 e. The fraction of sp³-hybridized carbons (Fsp3) is 0.192. The van der Waals surface area contributed by atoms with Crippen LogP contribution in [0.25, 0.3) is 27.8 Å². The second kappa shape index (κ2) is 8.37. The van der Waals surface area contributed by atoms with Gasteiger partial charge in [0.15, 0.2) is 11.6 Å². The normalized spacial score (nSPS) is 15.6. The number of anilines is 1. The molecule has 4 aromatic rings. The summed E-state index contributed by atoms with van der Waals surface area (Å²) < 4.78 is 21.7. The molecule has 1 aromatic heterocycles. The van der Waals surface area contributed by atoms with E-state index in [1.54, 1.807) is 18.2 Å². The first kappa shape index (κ1) is 20.1. The summed E-state index contributed by atoms with van der Waals surface area (Å²) in [5, 5.41) is 17.2. The minimum absolute atomic E-state index is 0.214. The second-order valence-electron chi connectivity index (χ2n) is 7.98. The van der Waals surface area contributed by atoms with E-state index < -0.39 is 5.82 Å². The number of nitrogens with one attached hydrogen (secondary N) is 2. The van der Waals surface area contributed by atoms with Crippen LogP contribution in [0.15, 0.2) is 66.7 Å². The Morgan fingerprint density at radius 2 is 1.94 bits per heavy atom. The highest BCUT2D eigenvalue weighted by molar-refractivity contribution is 5.91. The number of hydrogen-bond donors (Lipinski definition) is 2. The summed E-state index contributed by atoms with van der Waals surface area (Å²) in [6, 6.07) is 23.4. The molecule has 5 nitrogen and oxygen atoms in total. The third-order valence-corrected chi connectivity index (χ3v) is 5.93. The van der Waals surface area contributed by atoms with Crippen molar-refractivity contribution in [1.29, 1.82) is 5.26 Å². The minimum atomic E-state index is -0.405. The zero-order chi connectivity index (χ0) is 22.1. The van der Waals surface area contributed by atoms with Crippen LogP contribution >= 0.6 is 0 Å². The molecule has 0 bridgehead atoms. The molecule has 32 heavy (non-hydrogen) atoms. The van der Waals surface area contributed by atoms with E-state index in [0.29, 0.717) is 11.6 Å². The third-order valence-electron chi connectivity index (χ3n) is 5.93. The molecule has 5 rings (SSSR count). The Morgan fingerprint density at radius 1 is 1.09 bits per heavy atom. The lowest BCUT2D eigenvalue weighted by atomic mass is 10.1. The van der Waals surface area contributed by atoms with Gasteiger partial charge in [-0.1, -0.05) is 0 Å². The zero-order valence-corrected chi connectivity index (χ0v) is 17.7. The Kier molecular flexibility index (Phi) is 5.26. The van der Waals surface area contributed by atoms with Crippen molar-refractivity contribution in [2.45, 2.75) is 12.5 Å². The Balaban J connectivity index is 1.65. The van der Waals surface area contributed by atoms with Gasteiger partial charge in [0.25, 0.3) is 0 Å². The van der Waals surface area contributed by atoms with E-state index in [0.717, 1.165) is 53.0 Å². The van der Waals surface area contributed by atoms with Crippen molar-refractivity contribution in [2.75, 3.05) is 25.5 Å². The quantitative estimate of drug-likeness (QED) is 0.467. The van der Waals surface area contributed by atoms with Crippen molar-refractivity contribution in [3.05, 3.63) is 78.1 Å². The van der Waals surface area contributed by atoms with Gasteiger partial charge in [0.05, 0.1) is 30.0 Å². The number of rotatable bonds is 5. The van der Waals surface area contributed by atoms with Gasteiger partial charge in [-0.3, -0.25) is 0 Å². The predicted molar refractivity (Wildman–Crippen MR) is 125 cm³/mol. The van der Waals surface area contributed by atoms with Crippen molar-refractivity contribution in [1.82, 2.24) is 9.88 Å². The summed E-state index contributed by atoms with van der Waals surface area (Å²) in [4.78, 5) is 0. The molecule has 2 N–H and O–H groups in total. The standard InChI is InChI=1S/C26H23FN4O/c1-32-26-9-4-18(13-23(26)27)25-14-19-12-20(30-21-10-11-29-16-21)5-8-24(19)31(25)22-6-2-17(15-28)3-7-22/h2-9,12-14,21,29-30H,10-11,16H2,1H3/t21-/m1/s1. The van der Waals surface area contributed by atoms with E-state index >= 15 is 0 Å². The molecule has 0 aliphatic carbocycles. The molecule has 0 spiro atoms. The molecule has 0 amide bonds. The fourth-order valence-corrected chi connectivity index (χ4v) is 4.32. The molecule has 0 radical (unpaired) electrons. The Hall–Kier alpha value is -3.82. The predicted octanol–water partition coefficient (Wildman–Crippen LogP) is 5.09. The highest BCUT2D eigenvalue weighted by Crippen LogP contribution is 2.35. The van der Waals surface area contributed by atoms with Crippen LogP contribution in [0.4, 0.5) is 10.1 Å². The van der Waals surface area contributed by atoms with Gasteiger partial charge in [0.2, 0.25) is 0 Å². The van der Waals surface area contributed by atoms with E-state index in [9.17, 15) is 4.39 Å². The highest BCUT2D eigenvalue weighted by Gasteiger charge is 2.17. The van der Waals surface area contributed by atoms with Crippen LogP contribution in [0, 0.1) is 17.1 Å². The molecule has 6 heteroatoms. The number of halogens is 1. The van der Waals surface area contributed by atoms with Crippen LogP contribution in [-0.4, -0.2) is 30.8 Å². The highest BCUT2D eigenvalue weighted by atomic mass is 19.1. The maximum absolute atomic E-state index is 14.5. The minimum Gasteiger partial charge on any atom is -0.494 e. The molecular formula is C26H23FN4O. The molecule has 1 aliphatic rings. The van der Waals surface area contributed by atoms with Crippen LogP contribution in [0.3, 0.4) is 0 Å². The van der Waals surface area contributed by atoms with Crippen molar-refractivity contribution < 1.29 is 9.13 Å². The average molecular weight is 426 g/mol. The SMILES string of the molecule is COc1ccc(-c2cc3cc(N[C@@H]4CCNC4)ccc3n2-c2ccc(C#N)cc2)cc1F. The first-order valence-corrected chi connectivity index (χ1v) is 10.6. The van der Waals surface area contributed by atoms with Crippen LogP contribution < -0.4 is 15.4 Å². The van der Waals surface area contributed by atoms with Crippen LogP contribution in [0.5, 0.6) is 5.75 Å². The van der Waals surface area contributed by atoms with Gasteiger partial charge in [-0.25, -0.2) is 4.39 Å². The number of methoxy groups -OCH3 is 1. The summed E-state index contributed by atoms with van der Waals surface area (Å²) in [7, 11) is 1.46. The largest absolute Gasteiger partial charge is 0.494 e. The third kappa shape index (κ3) is 3.68. The Morgan fingerprint density at radius 3 is 2.62 bits per heavy atom. The lowest BCUT2D eigenvalue weighted by Gasteiger charge is -2.14. The van der Waals surface area contributed by atoms with Gasteiger partial charge in [-0.05, 0) is 79.7 Å². The second-order valence-corrected chi connectivity index (χ2v) is 7.98. The molecule has 3 aromatic carbocycles. The molecule has 0 unspecified atom stereocenters. The summed E-state index contributed by atoms with van der Waals surface area (Å²) in [5.74, 6) is -0.191. The van der Waals surface area contributed by atoms with Gasteiger partial charge >= 0.3 is 0 Å². The molecule has 160 valence electrons. The van der Waals surface area contributed by atoms with Crippen LogP contribution in [0.1, 0.15) is 12.0 Å². The van der Waals surface area contributed by atoms with Gasteiger partial charge in [-0.15, -0.1) is 0 Å². The summed E-state index contributed by atoms with van der Waals surface area (Å²) in [6.45, 7) is 1.99. The molecule has 1 atom stereocenters. The van der Waals surface area contributed by atoms with E-state index in [1.807, 2.05) is 18.2 Å². The number of fused-ring (bicyclic) bond motifs is 1. The van der Waals surface area contributed by atoms with E-state index in [4.69, 9.17) is 10.00 Å². The lowest BCUT2D eigenvalue weighted by Crippen LogP contribution is -2.21. The van der Waals surface area contributed by atoms with Gasteiger partial charge in [0.1, 0.15) is 0 Å². The van der Waals surface area contributed by atoms with Gasteiger partial charge < -0.3 is 19.9 Å². The number of hydrogen-bond acceptors (Lipinski definition) is 4. The van der Waals surface area contributed by atoms with Gasteiger partial charge in [-0.2, -0.15) is 5.26 Å². The molecule has 1 aliphatic heterocycles. The van der Waals surface area contributed by atoms with Crippen molar-refractivity contribution in [3.8, 4) is 28.8 Å². The maximum Gasteiger partial charge on any atom is 0.165 e. The average Bonchev–Trinajstić information content (AvgIpc) is 3.46. The Bertz CT molecular complexity index is 1310. The number of aromatic nitrogens is 1. The number of nitrogens with zero attached hydrogens (tertiary/aromatic N) is 2.